The molecule has 0 spiro atoms. The first-order valence-electron chi connectivity index (χ1n) is 7.97. The van der Waals surface area contributed by atoms with Gasteiger partial charge in [0.05, 0.1) is 10.6 Å². The predicted molar refractivity (Wildman–Crippen MR) is 99.1 cm³/mol. The highest BCUT2D eigenvalue weighted by Gasteiger charge is 2.18. The third-order valence-electron chi connectivity index (χ3n) is 3.61. The van der Waals surface area contributed by atoms with Gasteiger partial charge in [0.25, 0.3) is 0 Å². The van der Waals surface area contributed by atoms with E-state index in [2.05, 4.69) is 9.44 Å². The Morgan fingerprint density at radius 3 is 2.08 bits per heavy atom. The Bertz CT molecular complexity index is 895. The summed E-state index contributed by atoms with van der Waals surface area (Å²) >= 11 is 0. The Kier molecular flexibility index (Phi) is 6.71. The summed E-state index contributed by atoms with van der Waals surface area (Å²) in [5.41, 5.74) is 1.45. The summed E-state index contributed by atoms with van der Waals surface area (Å²) in [6.07, 6.45) is 0.367. The zero-order valence-corrected chi connectivity index (χ0v) is 15.6. The minimum Gasteiger partial charge on any atom is -0.215 e. The van der Waals surface area contributed by atoms with Crippen LogP contribution in [-0.4, -0.2) is 35.7 Å². The van der Waals surface area contributed by atoms with Gasteiger partial charge in [0.15, 0.2) is 0 Å². The Morgan fingerprint density at radius 1 is 0.800 bits per heavy atom. The predicted octanol–water partition coefficient (Wildman–Crippen LogP) is 1.96. The first kappa shape index (κ1) is 19.6. The summed E-state index contributed by atoms with van der Waals surface area (Å²) < 4.78 is 52.8. The lowest BCUT2D eigenvalue weighted by molar-refractivity contribution is 0.573. The molecule has 0 fully saturated rings. The third-order valence-corrected chi connectivity index (χ3v) is 6.53. The molecule has 0 aromatic heterocycles. The van der Waals surface area contributed by atoms with Crippen LogP contribution in [0.25, 0.3) is 11.1 Å². The van der Waals surface area contributed by atoms with Gasteiger partial charge in [0, 0.05) is 18.7 Å². The average Bonchev–Trinajstić information content (AvgIpc) is 2.62. The van der Waals surface area contributed by atoms with Crippen LogP contribution in [0, 0.1) is 0 Å². The number of hydrogen-bond acceptors (Lipinski definition) is 4. The van der Waals surface area contributed by atoms with Gasteiger partial charge in [0.2, 0.25) is 20.0 Å². The molecule has 2 aromatic rings. The third kappa shape index (κ3) is 5.64. The molecule has 0 saturated heterocycles. The van der Waals surface area contributed by atoms with Crippen LogP contribution in [0.15, 0.2) is 59.5 Å². The van der Waals surface area contributed by atoms with Crippen LogP contribution < -0.4 is 9.44 Å². The zero-order chi connectivity index (χ0) is 18.3. The lowest BCUT2D eigenvalue weighted by atomic mass is 10.1. The first-order valence-corrected chi connectivity index (χ1v) is 11.1. The minimum atomic E-state index is -3.69. The fourth-order valence-electron chi connectivity index (χ4n) is 2.26. The molecule has 25 heavy (non-hydrogen) atoms. The van der Waals surface area contributed by atoms with Crippen molar-refractivity contribution < 1.29 is 16.8 Å². The molecule has 0 radical (unpaired) electrons. The van der Waals surface area contributed by atoms with Crippen molar-refractivity contribution >= 4 is 20.0 Å². The number of nitrogens with one attached hydrogen (secondary N) is 2. The van der Waals surface area contributed by atoms with Gasteiger partial charge < -0.3 is 0 Å². The number of rotatable bonds is 9. The van der Waals surface area contributed by atoms with Gasteiger partial charge in [0.1, 0.15) is 0 Å². The summed E-state index contributed by atoms with van der Waals surface area (Å²) in [7, 11) is -6.95. The summed E-state index contributed by atoms with van der Waals surface area (Å²) in [6, 6.07) is 16.1. The molecule has 2 N–H and O–H groups in total. The second-order valence-electron chi connectivity index (χ2n) is 5.41. The Balaban J connectivity index is 2.06. The van der Waals surface area contributed by atoms with Crippen molar-refractivity contribution in [2.75, 3.05) is 18.8 Å². The molecule has 0 aliphatic carbocycles. The molecule has 0 bridgehead atoms. The second-order valence-corrected chi connectivity index (χ2v) is 9.24. The maximum atomic E-state index is 12.6. The lowest BCUT2D eigenvalue weighted by Crippen LogP contribution is -2.30. The van der Waals surface area contributed by atoms with Crippen LogP contribution in [0.3, 0.4) is 0 Å². The van der Waals surface area contributed by atoms with Crippen LogP contribution in [0.2, 0.25) is 0 Å². The number of hydrogen-bond donors (Lipinski definition) is 2. The maximum absolute atomic E-state index is 12.6. The van der Waals surface area contributed by atoms with Crippen molar-refractivity contribution in [2.24, 2.45) is 0 Å². The SMILES string of the molecule is CCS(=O)(=O)NCCCNS(=O)(=O)c1ccccc1-c1ccccc1. The van der Waals surface area contributed by atoms with Crippen molar-refractivity contribution in [1.82, 2.24) is 9.44 Å². The van der Waals surface area contributed by atoms with E-state index in [4.69, 9.17) is 0 Å². The topological polar surface area (TPSA) is 92.3 Å². The van der Waals surface area contributed by atoms with Crippen molar-refractivity contribution in [3.8, 4) is 11.1 Å². The van der Waals surface area contributed by atoms with E-state index in [9.17, 15) is 16.8 Å². The highest BCUT2D eigenvalue weighted by Crippen LogP contribution is 2.26. The van der Waals surface area contributed by atoms with Crippen molar-refractivity contribution in [2.45, 2.75) is 18.2 Å². The van der Waals surface area contributed by atoms with Gasteiger partial charge in [-0.2, -0.15) is 0 Å². The Labute approximate surface area is 149 Å². The Morgan fingerprint density at radius 2 is 1.40 bits per heavy atom. The molecule has 0 aliphatic heterocycles. The molecule has 0 heterocycles. The molecule has 136 valence electrons. The van der Waals surface area contributed by atoms with Gasteiger partial charge in [-0.05, 0) is 25.0 Å². The number of sulfonamides is 2. The minimum absolute atomic E-state index is 0.00315. The molecule has 8 heteroatoms. The van der Waals surface area contributed by atoms with Crippen LogP contribution in [0.4, 0.5) is 0 Å². The molecule has 0 atom stereocenters. The van der Waals surface area contributed by atoms with E-state index in [1.165, 1.54) is 0 Å². The normalized spacial score (nSPS) is 12.2. The van der Waals surface area contributed by atoms with Gasteiger partial charge in [-0.3, -0.25) is 0 Å². The van der Waals surface area contributed by atoms with Crippen LogP contribution in [0.5, 0.6) is 0 Å². The molecule has 2 rings (SSSR count). The molecule has 6 nitrogen and oxygen atoms in total. The lowest BCUT2D eigenvalue weighted by Gasteiger charge is -2.12. The fraction of sp³-hybridized carbons (Fsp3) is 0.294. The summed E-state index contributed by atoms with van der Waals surface area (Å²) in [5.74, 6) is 0.00315. The smallest absolute Gasteiger partial charge is 0.215 e. The molecule has 0 saturated carbocycles. The van der Waals surface area contributed by atoms with E-state index in [0.29, 0.717) is 12.0 Å². The Hall–Kier alpha value is -1.74. The zero-order valence-electron chi connectivity index (χ0n) is 14.0. The van der Waals surface area contributed by atoms with E-state index in [0.717, 1.165) is 5.56 Å². The molecule has 0 aliphatic rings. The van der Waals surface area contributed by atoms with Crippen molar-refractivity contribution in [3.05, 3.63) is 54.6 Å². The van der Waals surface area contributed by atoms with E-state index in [1.807, 2.05) is 30.3 Å². The van der Waals surface area contributed by atoms with E-state index >= 15 is 0 Å². The largest absolute Gasteiger partial charge is 0.241 e. The van der Waals surface area contributed by atoms with Gasteiger partial charge in [-0.25, -0.2) is 26.3 Å². The average molecular weight is 383 g/mol. The maximum Gasteiger partial charge on any atom is 0.241 e. The molecule has 0 amide bonds. The van der Waals surface area contributed by atoms with Gasteiger partial charge in [-0.15, -0.1) is 0 Å². The van der Waals surface area contributed by atoms with Crippen molar-refractivity contribution in [1.29, 1.82) is 0 Å². The summed E-state index contributed by atoms with van der Waals surface area (Å²) in [6.45, 7) is 1.89. The highest BCUT2D eigenvalue weighted by molar-refractivity contribution is 7.89. The first-order chi connectivity index (χ1) is 11.9. The highest BCUT2D eigenvalue weighted by atomic mass is 32.2. The standard InChI is InChI=1S/C17H22N2O4S2/c1-2-24(20,21)18-13-8-14-19-25(22,23)17-12-7-6-11-16(17)15-9-4-3-5-10-15/h3-7,9-12,18-19H,2,8,13-14H2,1H3. The monoisotopic (exact) mass is 382 g/mol. The summed E-state index contributed by atoms with van der Waals surface area (Å²) in [4.78, 5) is 0.204. The second kappa shape index (κ2) is 8.57. The fourth-order valence-corrected chi connectivity index (χ4v) is 4.22. The molecular formula is C17H22N2O4S2. The van der Waals surface area contributed by atoms with Crippen LogP contribution in [-0.2, 0) is 20.0 Å². The summed E-state index contributed by atoms with van der Waals surface area (Å²) in [5, 5.41) is 0. The molecule has 2 aromatic carbocycles. The van der Waals surface area contributed by atoms with E-state index < -0.39 is 20.0 Å². The van der Waals surface area contributed by atoms with E-state index in [-0.39, 0.29) is 23.7 Å². The number of benzene rings is 2. The molecule has 0 unspecified atom stereocenters. The quantitative estimate of drug-likeness (QED) is 0.649. The van der Waals surface area contributed by atoms with Crippen LogP contribution >= 0.6 is 0 Å². The van der Waals surface area contributed by atoms with Gasteiger partial charge >= 0.3 is 0 Å². The van der Waals surface area contributed by atoms with Crippen LogP contribution in [0.1, 0.15) is 13.3 Å². The molecular weight excluding hydrogens is 360 g/mol. The van der Waals surface area contributed by atoms with E-state index in [1.54, 1.807) is 31.2 Å². The van der Waals surface area contributed by atoms with Gasteiger partial charge in [-0.1, -0.05) is 48.5 Å². The van der Waals surface area contributed by atoms with Crippen molar-refractivity contribution in [3.63, 3.8) is 0 Å².